The van der Waals surface area contributed by atoms with Crippen molar-refractivity contribution in [3.8, 4) is 0 Å². The van der Waals surface area contributed by atoms with Crippen molar-refractivity contribution in [3.05, 3.63) is 71.3 Å². The fourth-order valence-electron chi connectivity index (χ4n) is 16.1. The minimum absolute atomic E-state index is 0.00400. The Labute approximate surface area is 351 Å². The minimum Gasteiger partial charge on any atom is -0.460 e. The molecule has 5 saturated carbocycles. The largest absolute Gasteiger partial charge is 0.460 e. The number of carbonyl (C=O) groups is 1. The number of ether oxygens (including phenoxy) is 1. The van der Waals surface area contributed by atoms with Gasteiger partial charge in [-0.3, -0.25) is 4.79 Å². The Morgan fingerprint density at radius 1 is 0.862 bits per heavy atom. The van der Waals surface area contributed by atoms with E-state index in [9.17, 15) is 14.3 Å². The highest BCUT2D eigenvalue weighted by Gasteiger charge is 2.70. The minimum atomic E-state index is -1.09. The number of rotatable bonds is 10. The van der Waals surface area contributed by atoms with Gasteiger partial charge in [0.05, 0.1) is 11.0 Å². The number of esters is 1. The topological polar surface area (TPSA) is 58.6 Å². The zero-order valence-corrected chi connectivity index (χ0v) is 37.5. The van der Waals surface area contributed by atoms with Crippen LogP contribution in [0.5, 0.6) is 0 Å². The zero-order chi connectivity index (χ0) is 41.4. The summed E-state index contributed by atoms with van der Waals surface area (Å²) in [6.45, 7) is 22.9. The number of hydrogen-bond donors (Lipinski definition) is 2. The van der Waals surface area contributed by atoms with E-state index in [-0.39, 0.29) is 33.8 Å². The fourth-order valence-corrected chi connectivity index (χ4v) is 16.1. The van der Waals surface area contributed by atoms with E-state index in [4.69, 9.17) is 4.74 Å². The van der Waals surface area contributed by atoms with Gasteiger partial charge in [-0.25, -0.2) is 4.39 Å². The third-order valence-corrected chi connectivity index (χ3v) is 19.8. The second kappa shape index (κ2) is 15.3. The molecule has 7 aliphatic rings. The van der Waals surface area contributed by atoms with Gasteiger partial charge in [-0.05, 0) is 196 Å². The van der Waals surface area contributed by atoms with Crippen LogP contribution in [0.2, 0.25) is 0 Å². The molecule has 0 radical (unpaired) electrons. The highest BCUT2D eigenvalue weighted by Crippen LogP contribution is 2.76. The van der Waals surface area contributed by atoms with Gasteiger partial charge in [0.2, 0.25) is 0 Å². The van der Waals surface area contributed by atoms with Crippen molar-refractivity contribution in [2.24, 2.45) is 62.6 Å². The van der Waals surface area contributed by atoms with Gasteiger partial charge in [0, 0.05) is 5.54 Å². The standard InChI is InChI=1S/C53H78FNO3/c1-36(2)40-20-29-53(55-33-32-52(57)27-16-37(3)17-28-52)31-30-49(7)42(45(40)53)14-15-44-48(6)23-21-41(47(4,5)43(48)22-24-50(44,49)8)39-18-25-51(35-54,26-19-39)46(56)58-34-38-12-10-9-11-13-38/h9-13,18,21,37,40,42-45,55,57H,1,14-17,19-20,22-35H2,2-8H3/t37?,40-,42+,43-,44+,45+,48-,49+,50+,51-,52?,53-/m0/s1. The van der Waals surface area contributed by atoms with E-state index in [1.165, 1.54) is 68.1 Å². The van der Waals surface area contributed by atoms with Crippen LogP contribution in [-0.2, 0) is 16.1 Å². The highest BCUT2D eigenvalue weighted by atomic mass is 19.1. The van der Waals surface area contributed by atoms with E-state index < -0.39 is 23.7 Å². The van der Waals surface area contributed by atoms with E-state index >= 15 is 0 Å². The monoisotopic (exact) mass is 796 g/mol. The third kappa shape index (κ3) is 6.76. The first-order valence-corrected chi connectivity index (χ1v) is 23.8. The molecule has 7 aliphatic carbocycles. The Morgan fingerprint density at radius 3 is 2.28 bits per heavy atom. The Balaban J connectivity index is 1.00. The van der Waals surface area contributed by atoms with E-state index in [1.54, 1.807) is 0 Å². The lowest BCUT2D eigenvalue weighted by atomic mass is 9.33. The maximum Gasteiger partial charge on any atom is 0.315 e. The van der Waals surface area contributed by atoms with Gasteiger partial charge in [-0.1, -0.05) is 96.2 Å². The molecule has 1 aromatic rings. The summed E-state index contributed by atoms with van der Waals surface area (Å²) in [4.78, 5) is 13.4. The third-order valence-electron chi connectivity index (χ3n) is 19.8. The number of nitrogens with one attached hydrogen (secondary N) is 1. The van der Waals surface area contributed by atoms with Crippen molar-refractivity contribution >= 4 is 5.97 Å². The number of fused-ring (bicyclic) bond motifs is 7. The second-order valence-electron chi connectivity index (χ2n) is 22.9. The molecule has 2 N–H and O–H groups in total. The van der Waals surface area contributed by atoms with Crippen molar-refractivity contribution in [2.45, 2.75) is 175 Å². The normalized spacial score (nSPS) is 44.4. The average molecular weight is 796 g/mol. The predicted octanol–water partition coefficient (Wildman–Crippen LogP) is 12.7. The summed E-state index contributed by atoms with van der Waals surface area (Å²) in [6.07, 6.45) is 22.8. The lowest BCUT2D eigenvalue weighted by molar-refractivity contribution is -0.221. The number of hydrogen-bond acceptors (Lipinski definition) is 4. The first-order valence-electron chi connectivity index (χ1n) is 23.8. The predicted molar refractivity (Wildman–Crippen MR) is 235 cm³/mol. The SMILES string of the molecule is C=C(C)[C@@H]1CC[C@]2(NCCC3(O)CCC(C)CC3)CC[C@]3(C)[C@H](CC[C@@H]4[C@@]5(C)CC=C(C6=CC[C@](CF)(C(=O)OCc7ccccc7)CC6)C(C)(C)[C@@H]5CC[C@]43C)[C@@H]12. The van der Waals surface area contributed by atoms with Crippen LogP contribution >= 0.6 is 0 Å². The molecule has 58 heavy (non-hydrogen) atoms. The van der Waals surface area contributed by atoms with Gasteiger partial charge in [0.15, 0.2) is 0 Å². The van der Waals surface area contributed by atoms with Crippen molar-refractivity contribution < 1.29 is 19.0 Å². The molecule has 1 aromatic carbocycles. The molecule has 0 saturated heterocycles. The smallest absolute Gasteiger partial charge is 0.315 e. The van der Waals surface area contributed by atoms with Gasteiger partial charge < -0.3 is 15.2 Å². The van der Waals surface area contributed by atoms with Gasteiger partial charge in [-0.2, -0.15) is 0 Å². The maximum absolute atomic E-state index is 14.8. The molecule has 0 aromatic heterocycles. The maximum atomic E-state index is 14.8. The Hall–Kier alpha value is -2.24. The Morgan fingerprint density at radius 2 is 1.60 bits per heavy atom. The van der Waals surface area contributed by atoms with Crippen molar-refractivity contribution in [1.29, 1.82) is 0 Å². The van der Waals surface area contributed by atoms with Gasteiger partial charge in [-0.15, -0.1) is 0 Å². The van der Waals surface area contributed by atoms with E-state index in [2.05, 4.69) is 72.5 Å². The number of benzene rings is 1. The van der Waals surface area contributed by atoms with Crippen LogP contribution in [0.15, 0.2) is 65.8 Å². The fraction of sp³-hybridized carbons (Fsp3) is 0.755. The van der Waals surface area contributed by atoms with Crippen LogP contribution in [0, 0.1) is 62.6 Å². The molecule has 320 valence electrons. The summed E-state index contributed by atoms with van der Waals surface area (Å²) in [7, 11) is 0. The number of carbonyl (C=O) groups excluding carboxylic acids is 1. The number of allylic oxidation sites excluding steroid dienone is 5. The number of alkyl halides is 1. The first kappa shape index (κ1) is 42.5. The van der Waals surface area contributed by atoms with E-state index in [0.717, 1.165) is 63.0 Å². The van der Waals surface area contributed by atoms with Crippen molar-refractivity contribution in [1.82, 2.24) is 5.32 Å². The van der Waals surface area contributed by atoms with Crippen LogP contribution in [0.3, 0.4) is 0 Å². The molecule has 0 heterocycles. The molecule has 8 rings (SSSR count). The lowest BCUT2D eigenvalue weighted by Crippen LogP contribution is -2.68. The van der Waals surface area contributed by atoms with Crippen LogP contribution in [-0.4, -0.2) is 35.4 Å². The molecule has 4 nitrogen and oxygen atoms in total. The summed E-state index contributed by atoms with van der Waals surface area (Å²) in [5, 5.41) is 15.8. The summed E-state index contributed by atoms with van der Waals surface area (Å²) in [5.74, 6) is 3.47. The molecule has 0 spiro atoms. The molecular formula is C53H78FNO3. The zero-order valence-electron chi connectivity index (χ0n) is 37.5. The lowest BCUT2D eigenvalue weighted by Gasteiger charge is -2.72. The molecule has 10 atom stereocenters. The van der Waals surface area contributed by atoms with Gasteiger partial charge in [0.1, 0.15) is 13.3 Å². The summed E-state index contributed by atoms with van der Waals surface area (Å²) >= 11 is 0. The molecule has 5 fully saturated rings. The molecule has 0 bridgehead atoms. The second-order valence-corrected chi connectivity index (χ2v) is 22.9. The molecular weight excluding hydrogens is 718 g/mol. The van der Waals surface area contributed by atoms with Crippen LogP contribution in [0.25, 0.3) is 0 Å². The molecule has 0 unspecified atom stereocenters. The number of halogens is 1. The van der Waals surface area contributed by atoms with Gasteiger partial charge >= 0.3 is 5.97 Å². The first-order chi connectivity index (χ1) is 27.5. The summed E-state index contributed by atoms with van der Waals surface area (Å²) < 4.78 is 20.5. The molecule has 0 amide bonds. The van der Waals surface area contributed by atoms with Gasteiger partial charge in [0.25, 0.3) is 0 Å². The number of aliphatic hydroxyl groups is 1. The van der Waals surface area contributed by atoms with Crippen LogP contribution in [0.4, 0.5) is 4.39 Å². The Kier molecular flexibility index (Phi) is 11.2. The molecule has 5 heteroatoms. The van der Waals surface area contributed by atoms with Crippen molar-refractivity contribution in [2.75, 3.05) is 13.2 Å². The van der Waals surface area contributed by atoms with E-state index in [1.807, 2.05) is 30.3 Å². The summed E-state index contributed by atoms with van der Waals surface area (Å²) in [6, 6.07) is 9.71. The quantitative estimate of drug-likeness (QED) is 0.183. The van der Waals surface area contributed by atoms with Crippen molar-refractivity contribution in [3.63, 3.8) is 0 Å². The molecule has 0 aliphatic heterocycles. The summed E-state index contributed by atoms with van der Waals surface area (Å²) in [5.41, 5.74) is 4.47. The highest BCUT2D eigenvalue weighted by molar-refractivity contribution is 5.78. The van der Waals surface area contributed by atoms with E-state index in [0.29, 0.717) is 42.4 Å². The average Bonchev–Trinajstić information content (AvgIpc) is 3.59. The van der Waals surface area contributed by atoms with Crippen LogP contribution in [0.1, 0.15) is 163 Å². The Bertz CT molecular complexity index is 1770. The van der Waals surface area contributed by atoms with Crippen LogP contribution < -0.4 is 5.32 Å².